The molecule has 178 valence electrons. The number of nitrogens with one attached hydrogen (secondary N) is 2. The first-order valence-electron chi connectivity index (χ1n) is 10.1. The monoisotopic (exact) mass is 500 g/mol. The summed E-state index contributed by atoms with van der Waals surface area (Å²) in [4.78, 5) is 25.8. The molecule has 0 saturated heterocycles. The van der Waals surface area contributed by atoms with Crippen LogP contribution in [0, 0.1) is 23.3 Å². The minimum atomic E-state index is -1.71. The van der Waals surface area contributed by atoms with Crippen LogP contribution in [0.25, 0.3) is 0 Å². The molecule has 0 aliphatic heterocycles. The van der Waals surface area contributed by atoms with Crippen molar-refractivity contribution in [1.82, 2.24) is 0 Å². The number of rotatable bonds is 7. The summed E-state index contributed by atoms with van der Waals surface area (Å²) < 4.78 is 60.6. The third-order valence-electron chi connectivity index (χ3n) is 4.79. The number of amides is 2. The molecule has 1 heterocycles. The summed E-state index contributed by atoms with van der Waals surface area (Å²) in [5.41, 5.74) is -0.334. The van der Waals surface area contributed by atoms with Crippen LogP contribution in [-0.2, 0) is 4.79 Å². The lowest BCUT2D eigenvalue weighted by atomic mass is 10.1. The molecule has 3 aromatic carbocycles. The van der Waals surface area contributed by atoms with Gasteiger partial charge in [-0.05, 0) is 35.9 Å². The average molecular weight is 500 g/mol. The highest BCUT2D eigenvalue weighted by Crippen LogP contribution is 2.38. The Kier molecular flexibility index (Phi) is 7.21. The fourth-order valence-electron chi connectivity index (χ4n) is 3.16. The van der Waals surface area contributed by atoms with E-state index in [1.165, 1.54) is 12.3 Å². The SMILES string of the molecule is O=C(Nc1cccc(SC(C(=O)Nc2c(F)c(F)cc(F)c2F)c2ccccc2)c1)c1ccco1. The quantitative estimate of drug-likeness (QED) is 0.171. The Morgan fingerprint density at radius 3 is 2.17 bits per heavy atom. The van der Waals surface area contributed by atoms with Crippen molar-refractivity contribution >= 4 is 35.0 Å². The lowest BCUT2D eigenvalue weighted by Crippen LogP contribution is -2.21. The summed E-state index contributed by atoms with van der Waals surface area (Å²) in [5, 5.41) is 3.58. The van der Waals surface area contributed by atoms with Gasteiger partial charge in [0.15, 0.2) is 29.0 Å². The van der Waals surface area contributed by atoms with E-state index >= 15 is 0 Å². The lowest BCUT2D eigenvalue weighted by Gasteiger charge is -2.18. The van der Waals surface area contributed by atoms with Crippen LogP contribution in [0.4, 0.5) is 28.9 Å². The van der Waals surface area contributed by atoms with Crippen molar-refractivity contribution < 1.29 is 31.6 Å². The van der Waals surface area contributed by atoms with Crippen molar-refractivity contribution in [3.05, 3.63) is 114 Å². The van der Waals surface area contributed by atoms with E-state index in [0.717, 1.165) is 11.8 Å². The van der Waals surface area contributed by atoms with Gasteiger partial charge in [-0.2, -0.15) is 0 Å². The lowest BCUT2D eigenvalue weighted by molar-refractivity contribution is -0.115. The smallest absolute Gasteiger partial charge is 0.291 e. The van der Waals surface area contributed by atoms with Crippen LogP contribution >= 0.6 is 11.8 Å². The standard InChI is InChI=1S/C25H16F4N2O3S/c26-17-13-18(27)21(29)22(20(17)28)31-25(33)23(14-6-2-1-3-7-14)35-16-9-4-8-15(12-16)30-24(32)19-10-5-11-34-19/h1-13,23H,(H,30,32)(H,31,33). The van der Waals surface area contributed by atoms with E-state index in [-0.39, 0.29) is 11.8 Å². The van der Waals surface area contributed by atoms with Crippen LogP contribution < -0.4 is 10.6 Å². The molecule has 0 radical (unpaired) electrons. The highest BCUT2D eigenvalue weighted by atomic mass is 32.2. The Morgan fingerprint density at radius 1 is 0.800 bits per heavy atom. The van der Waals surface area contributed by atoms with E-state index in [1.807, 2.05) is 5.32 Å². The van der Waals surface area contributed by atoms with Gasteiger partial charge in [0.2, 0.25) is 5.91 Å². The van der Waals surface area contributed by atoms with Crippen LogP contribution in [0.5, 0.6) is 0 Å². The van der Waals surface area contributed by atoms with Gasteiger partial charge < -0.3 is 15.1 Å². The van der Waals surface area contributed by atoms with Gasteiger partial charge in [0, 0.05) is 16.6 Å². The minimum Gasteiger partial charge on any atom is -0.459 e. The topological polar surface area (TPSA) is 71.3 Å². The van der Waals surface area contributed by atoms with Crippen molar-refractivity contribution in [3.8, 4) is 0 Å². The summed E-state index contributed by atoms with van der Waals surface area (Å²) in [6.45, 7) is 0. The summed E-state index contributed by atoms with van der Waals surface area (Å²) in [7, 11) is 0. The average Bonchev–Trinajstić information content (AvgIpc) is 3.40. The van der Waals surface area contributed by atoms with Gasteiger partial charge in [-0.15, -0.1) is 11.8 Å². The van der Waals surface area contributed by atoms with Crippen LogP contribution in [0.2, 0.25) is 0 Å². The summed E-state index contributed by atoms with van der Waals surface area (Å²) in [6, 6.07) is 18.0. The van der Waals surface area contributed by atoms with E-state index in [2.05, 4.69) is 5.32 Å². The van der Waals surface area contributed by atoms with Crippen molar-refractivity contribution in [3.63, 3.8) is 0 Å². The second kappa shape index (κ2) is 10.5. The van der Waals surface area contributed by atoms with Gasteiger partial charge in [0.05, 0.1) is 6.26 Å². The highest BCUT2D eigenvalue weighted by molar-refractivity contribution is 8.00. The number of thioether (sulfide) groups is 1. The minimum absolute atomic E-state index is 0.0618. The molecule has 0 saturated carbocycles. The first-order valence-corrected chi connectivity index (χ1v) is 11.0. The number of carbonyl (C=O) groups excluding carboxylic acids is 2. The number of hydrogen-bond acceptors (Lipinski definition) is 4. The molecule has 10 heteroatoms. The zero-order valence-electron chi connectivity index (χ0n) is 17.7. The zero-order valence-corrected chi connectivity index (χ0v) is 18.5. The Balaban J connectivity index is 1.60. The molecule has 0 bridgehead atoms. The van der Waals surface area contributed by atoms with Gasteiger partial charge in [0.25, 0.3) is 5.91 Å². The van der Waals surface area contributed by atoms with Crippen molar-refractivity contribution in [2.75, 3.05) is 10.6 Å². The van der Waals surface area contributed by atoms with Gasteiger partial charge >= 0.3 is 0 Å². The molecule has 1 unspecified atom stereocenters. The third kappa shape index (κ3) is 5.55. The van der Waals surface area contributed by atoms with Crippen LogP contribution in [0.15, 0.2) is 88.4 Å². The van der Waals surface area contributed by atoms with E-state index < -0.39 is 46.0 Å². The summed E-state index contributed by atoms with van der Waals surface area (Å²) in [6.07, 6.45) is 1.36. The van der Waals surface area contributed by atoms with E-state index in [4.69, 9.17) is 4.42 Å². The normalized spacial score (nSPS) is 11.7. The first kappa shape index (κ1) is 24.1. The second-order valence-electron chi connectivity index (χ2n) is 7.20. The fraction of sp³-hybridized carbons (Fsp3) is 0.0400. The maximum Gasteiger partial charge on any atom is 0.291 e. The maximum atomic E-state index is 14.1. The summed E-state index contributed by atoms with van der Waals surface area (Å²) in [5.74, 6) is -7.97. The zero-order chi connectivity index (χ0) is 24.9. The molecule has 0 aliphatic carbocycles. The van der Waals surface area contributed by atoms with Gasteiger partial charge in [0.1, 0.15) is 10.9 Å². The summed E-state index contributed by atoms with van der Waals surface area (Å²) >= 11 is 1.01. The molecule has 4 aromatic rings. The van der Waals surface area contributed by atoms with Crippen LogP contribution in [0.3, 0.4) is 0 Å². The number of anilines is 2. The third-order valence-corrected chi connectivity index (χ3v) is 6.04. The van der Waals surface area contributed by atoms with E-state index in [9.17, 15) is 27.2 Å². The number of hydrogen-bond donors (Lipinski definition) is 2. The number of carbonyl (C=O) groups is 2. The first-order chi connectivity index (χ1) is 16.8. The Bertz CT molecular complexity index is 1340. The maximum absolute atomic E-state index is 14.1. The van der Waals surface area contributed by atoms with Crippen LogP contribution in [-0.4, -0.2) is 11.8 Å². The largest absolute Gasteiger partial charge is 0.459 e. The van der Waals surface area contributed by atoms with Crippen molar-refractivity contribution in [2.24, 2.45) is 0 Å². The predicted molar refractivity (Wildman–Crippen MR) is 123 cm³/mol. The number of furan rings is 1. The second-order valence-corrected chi connectivity index (χ2v) is 8.38. The predicted octanol–water partition coefficient (Wildman–Crippen LogP) is 6.56. The molecule has 2 amide bonds. The van der Waals surface area contributed by atoms with Crippen LogP contribution in [0.1, 0.15) is 21.4 Å². The number of benzene rings is 3. The molecule has 1 aromatic heterocycles. The van der Waals surface area contributed by atoms with Crippen molar-refractivity contribution in [2.45, 2.75) is 10.1 Å². The van der Waals surface area contributed by atoms with Gasteiger partial charge in [-0.3, -0.25) is 9.59 Å². The molecular formula is C25H16F4N2O3S. The van der Waals surface area contributed by atoms with Gasteiger partial charge in [-0.1, -0.05) is 36.4 Å². The molecule has 4 rings (SSSR count). The fourth-order valence-corrected chi connectivity index (χ4v) is 4.24. The van der Waals surface area contributed by atoms with E-state index in [0.29, 0.717) is 16.1 Å². The Morgan fingerprint density at radius 2 is 1.51 bits per heavy atom. The molecule has 35 heavy (non-hydrogen) atoms. The Labute approximate surface area is 201 Å². The van der Waals surface area contributed by atoms with Gasteiger partial charge in [-0.25, -0.2) is 17.6 Å². The molecule has 1 atom stereocenters. The molecule has 2 N–H and O–H groups in total. The highest BCUT2D eigenvalue weighted by Gasteiger charge is 2.27. The number of halogens is 4. The van der Waals surface area contributed by atoms with Crippen molar-refractivity contribution in [1.29, 1.82) is 0 Å². The molecular weight excluding hydrogens is 484 g/mol. The molecule has 0 fully saturated rings. The van der Waals surface area contributed by atoms with E-state index in [1.54, 1.807) is 60.7 Å². The molecule has 0 spiro atoms. The Hall–Kier alpha value is -4.05. The molecule has 0 aliphatic rings. The molecule has 5 nitrogen and oxygen atoms in total.